The Kier molecular flexibility index (Phi) is 3.96. The fourth-order valence-electron chi connectivity index (χ4n) is 1.61. The highest BCUT2D eigenvalue weighted by Crippen LogP contribution is 2.22. The van der Waals surface area contributed by atoms with Gasteiger partial charge in [0, 0.05) is 12.3 Å². The van der Waals surface area contributed by atoms with Gasteiger partial charge in [0.05, 0.1) is 0 Å². The van der Waals surface area contributed by atoms with E-state index in [-0.39, 0.29) is 0 Å². The summed E-state index contributed by atoms with van der Waals surface area (Å²) in [4.78, 5) is 0. The van der Waals surface area contributed by atoms with Gasteiger partial charge in [0.25, 0.3) is 0 Å². The third kappa shape index (κ3) is 2.69. The van der Waals surface area contributed by atoms with Crippen molar-refractivity contribution >= 4 is 11.8 Å². The zero-order valence-corrected chi connectivity index (χ0v) is 11.0. The molecule has 1 aromatic carbocycles. The van der Waals surface area contributed by atoms with E-state index < -0.39 is 11.6 Å². The minimum absolute atomic E-state index is 0.537. The number of hydrogen-bond donors (Lipinski definition) is 0. The van der Waals surface area contributed by atoms with Crippen molar-refractivity contribution in [2.75, 3.05) is 0 Å². The van der Waals surface area contributed by atoms with E-state index in [1.807, 2.05) is 18.4 Å². The molecule has 1 heterocycles. The van der Waals surface area contributed by atoms with Gasteiger partial charge in [-0.1, -0.05) is 17.8 Å². The Bertz CT molecular complexity index is 554. The highest BCUT2D eigenvalue weighted by atomic mass is 32.2. The van der Waals surface area contributed by atoms with Gasteiger partial charge in [-0.2, -0.15) is 0 Å². The normalized spacial score (nSPS) is 10.9. The van der Waals surface area contributed by atoms with Crippen LogP contribution in [-0.2, 0) is 12.3 Å². The average Bonchev–Trinajstić information content (AvgIpc) is 2.71. The molecule has 0 aliphatic rings. The first-order valence-electron chi connectivity index (χ1n) is 5.58. The third-order valence-electron chi connectivity index (χ3n) is 2.57. The van der Waals surface area contributed by atoms with Gasteiger partial charge < -0.3 is 4.57 Å². The van der Waals surface area contributed by atoms with Crippen molar-refractivity contribution in [3.63, 3.8) is 0 Å². The minimum Gasteiger partial charge on any atom is -0.307 e. The van der Waals surface area contributed by atoms with Gasteiger partial charge in [0.15, 0.2) is 16.8 Å². The van der Waals surface area contributed by atoms with Crippen LogP contribution >= 0.6 is 11.8 Å². The SMILES string of the molecule is CCn1c(C)nnc1SCc1ccc(F)c(F)c1. The zero-order valence-electron chi connectivity index (χ0n) is 10.2. The maximum atomic E-state index is 13.0. The smallest absolute Gasteiger partial charge is 0.191 e. The molecule has 0 saturated heterocycles. The Morgan fingerprint density at radius 2 is 2.00 bits per heavy atom. The van der Waals surface area contributed by atoms with Crippen molar-refractivity contribution < 1.29 is 8.78 Å². The van der Waals surface area contributed by atoms with Crippen LogP contribution in [0, 0.1) is 18.6 Å². The van der Waals surface area contributed by atoms with E-state index in [9.17, 15) is 8.78 Å². The predicted molar refractivity (Wildman–Crippen MR) is 66.4 cm³/mol. The third-order valence-corrected chi connectivity index (χ3v) is 3.61. The lowest BCUT2D eigenvalue weighted by Gasteiger charge is -2.05. The second-order valence-corrected chi connectivity index (χ2v) is 4.75. The van der Waals surface area contributed by atoms with Crippen LogP contribution in [-0.4, -0.2) is 14.8 Å². The quantitative estimate of drug-likeness (QED) is 0.799. The summed E-state index contributed by atoms with van der Waals surface area (Å²) in [7, 11) is 0. The number of thioether (sulfide) groups is 1. The second kappa shape index (κ2) is 5.48. The molecule has 0 radical (unpaired) electrons. The Labute approximate surface area is 108 Å². The second-order valence-electron chi connectivity index (χ2n) is 3.81. The molecule has 18 heavy (non-hydrogen) atoms. The molecule has 0 spiro atoms. The first-order valence-corrected chi connectivity index (χ1v) is 6.57. The molecule has 0 atom stereocenters. The first kappa shape index (κ1) is 13.0. The number of rotatable bonds is 4. The van der Waals surface area contributed by atoms with Crippen LogP contribution in [0.2, 0.25) is 0 Å². The van der Waals surface area contributed by atoms with Gasteiger partial charge in [0.2, 0.25) is 0 Å². The highest BCUT2D eigenvalue weighted by Gasteiger charge is 2.09. The number of aryl methyl sites for hydroxylation is 1. The molecule has 1 aromatic heterocycles. The number of benzene rings is 1. The summed E-state index contributed by atoms with van der Waals surface area (Å²) < 4.78 is 27.8. The van der Waals surface area contributed by atoms with E-state index in [4.69, 9.17) is 0 Å². The summed E-state index contributed by atoms with van der Waals surface area (Å²) >= 11 is 1.46. The van der Waals surface area contributed by atoms with Crippen LogP contribution in [0.3, 0.4) is 0 Å². The van der Waals surface area contributed by atoms with Crippen LogP contribution < -0.4 is 0 Å². The molecule has 0 aliphatic carbocycles. The van der Waals surface area contributed by atoms with Crippen LogP contribution in [0.4, 0.5) is 8.78 Å². The van der Waals surface area contributed by atoms with Gasteiger partial charge in [0.1, 0.15) is 5.82 Å². The Balaban J connectivity index is 2.09. The number of aromatic nitrogens is 3. The molecule has 2 aromatic rings. The van der Waals surface area contributed by atoms with Crippen molar-refractivity contribution in [3.05, 3.63) is 41.2 Å². The summed E-state index contributed by atoms with van der Waals surface area (Å²) in [5.41, 5.74) is 0.724. The molecule has 2 rings (SSSR count). The van der Waals surface area contributed by atoms with Crippen molar-refractivity contribution in [3.8, 4) is 0 Å². The lowest BCUT2D eigenvalue weighted by Crippen LogP contribution is -1.99. The zero-order chi connectivity index (χ0) is 13.1. The summed E-state index contributed by atoms with van der Waals surface area (Å²) in [6.07, 6.45) is 0. The van der Waals surface area contributed by atoms with Crippen molar-refractivity contribution in [1.82, 2.24) is 14.8 Å². The molecule has 3 nitrogen and oxygen atoms in total. The first-order chi connectivity index (χ1) is 8.61. The standard InChI is InChI=1S/C12H13F2N3S/c1-3-17-8(2)15-16-12(17)18-7-9-4-5-10(13)11(14)6-9/h4-6H,3,7H2,1-2H3. The molecular weight excluding hydrogens is 256 g/mol. The van der Waals surface area contributed by atoms with Crippen molar-refractivity contribution in [2.45, 2.75) is 31.3 Å². The lowest BCUT2D eigenvalue weighted by atomic mass is 10.2. The summed E-state index contributed by atoms with van der Waals surface area (Å²) in [6, 6.07) is 3.92. The number of nitrogens with zero attached hydrogens (tertiary/aromatic N) is 3. The van der Waals surface area contributed by atoms with Gasteiger partial charge in [-0.15, -0.1) is 10.2 Å². The summed E-state index contributed by atoms with van der Waals surface area (Å²) in [5.74, 6) is -0.252. The van der Waals surface area contributed by atoms with Crippen LogP contribution in [0.15, 0.2) is 23.4 Å². The largest absolute Gasteiger partial charge is 0.307 e. The number of hydrogen-bond acceptors (Lipinski definition) is 3. The Morgan fingerprint density at radius 3 is 2.67 bits per heavy atom. The van der Waals surface area contributed by atoms with Gasteiger partial charge in [-0.05, 0) is 31.5 Å². The molecule has 0 aliphatic heterocycles. The van der Waals surface area contributed by atoms with Gasteiger partial charge >= 0.3 is 0 Å². The van der Waals surface area contributed by atoms with Gasteiger partial charge in [-0.3, -0.25) is 0 Å². The van der Waals surface area contributed by atoms with Crippen LogP contribution in [0.1, 0.15) is 18.3 Å². The predicted octanol–water partition coefficient (Wildman–Crippen LogP) is 3.18. The molecule has 0 bridgehead atoms. The lowest BCUT2D eigenvalue weighted by molar-refractivity contribution is 0.507. The van der Waals surface area contributed by atoms with Crippen molar-refractivity contribution in [2.24, 2.45) is 0 Å². The summed E-state index contributed by atoms with van der Waals surface area (Å²) in [6.45, 7) is 4.69. The average molecular weight is 269 g/mol. The van der Waals surface area contributed by atoms with E-state index in [1.54, 1.807) is 6.07 Å². The summed E-state index contributed by atoms with van der Waals surface area (Å²) in [5, 5.41) is 8.83. The van der Waals surface area contributed by atoms with Crippen molar-refractivity contribution in [1.29, 1.82) is 0 Å². The molecule has 0 N–H and O–H groups in total. The van der Waals surface area contributed by atoms with E-state index in [0.717, 1.165) is 29.2 Å². The molecule has 0 fully saturated rings. The van der Waals surface area contributed by atoms with Gasteiger partial charge in [-0.25, -0.2) is 8.78 Å². The monoisotopic (exact) mass is 269 g/mol. The fourth-order valence-corrected chi connectivity index (χ4v) is 2.60. The molecule has 0 saturated carbocycles. The molecule has 0 unspecified atom stereocenters. The maximum absolute atomic E-state index is 13.0. The molecule has 96 valence electrons. The highest BCUT2D eigenvalue weighted by molar-refractivity contribution is 7.98. The molecular formula is C12H13F2N3S. The molecule has 6 heteroatoms. The van der Waals surface area contributed by atoms with E-state index >= 15 is 0 Å². The van der Waals surface area contributed by atoms with Crippen LogP contribution in [0.25, 0.3) is 0 Å². The van der Waals surface area contributed by atoms with Crippen LogP contribution in [0.5, 0.6) is 0 Å². The van der Waals surface area contributed by atoms with E-state index in [1.165, 1.54) is 17.8 Å². The fraction of sp³-hybridized carbons (Fsp3) is 0.333. The minimum atomic E-state index is -0.823. The Hall–Kier alpha value is -1.43. The maximum Gasteiger partial charge on any atom is 0.191 e. The topological polar surface area (TPSA) is 30.7 Å². The van der Waals surface area contributed by atoms with E-state index in [2.05, 4.69) is 10.2 Å². The molecule has 0 amide bonds. The Morgan fingerprint density at radius 1 is 1.22 bits per heavy atom. The number of halogens is 2. The van der Waals surface area contributed by atoms with E-state index in [0.29, 0.717) is 5.75 Å².